The molecule has 3 rings (SSSR count). The van der Waals surface area contributed by atoms with Gasteiger partial charge in [0, 0.05) is 12.0 Å². The Morgan fingerprint density at radius 1 is 1.08 bits per heavy atom. The van der Waals surface area contributed by atoms with E-state index in [-0.39, 0.29) is 24.1 Å². The summed E-state index contributed by atoms with van der Waals surface area (Å²) in [4.78, 5) is 27.2. The Hall–Kier alpha value is -3.72. The van der Waals surface area contributed by atoms with Gasteiger partial charge in [-0.1, -0.05) is 42.5 Å². The van der Waals surface area contributed by atoms with E-state index in [1.54, 1.807) is 0 Å². The number of rotatable bonds is 5. The zero-order valence-corrected chi connectivity index (χ0v) is 13.6. The molecular formula is C20H14N2O4. The third kappa shape index (κ3) is 3.23. The topological polar surface area (TPSA) is 111 Å². The van der Waals surface area contributed by atoms with Gasteiger partial charge < -0.3 is 10.2 Å². The van der Waals surface area contributed by atoms with Crippen LogP contribution in [0.3, 0.4) is 0 Å². The highest BCUT2D eigenvalue weighted by molar-refractivity contribution is 6.01. The Bertz CT molecular complexity index is 1060. The molecule has 0 aliphatic heterocycles. The summed E-state index contributed by atoms with van der Waals surface area (Å²) < 4.78 is 0. The predicted octanol–water partition coefficient (Wildman–Crippen LogP) is 3.53. The molecule has 0 spiro atoms. The molecule has 0 aliphatic carbocycles. The van der Waals surface area contributed by atoms with Crippen LogP contribution in [0, 0.1) is 11.3 Å². The van der Waals surface area contributed by atoms with Crippen molar-refractivity contribution in [1.29, 1.82) is 5.26 Å². The Balaban J connectivity index is 2.16. The van der Waals surface area contributed by atoms with Crippen molar-refractivity contribution in [3.8, 4) is 23.1 Å². The average molecular weight is 346 g/mol. The molecule has 0 atom stereocenters. The summed E-state index contributed by atoms with van der Waals surface area (Å²) >= 11 is 0. The van der Waals surface area contributed by atoms with Gasteiger partial charge in [-0.2, -0.15) is 5.26 Å². The maximum absolute atomic E-state index is 12.3. The number of carboxylic acid groups (broad SMARTS) is 1. The molecule has 3 aromatic rings. The molecule has 0 fully saturated rings. The third-order valence-electron chi connectivity index (χ3n) is 4.01. The fourth-order valence-corrected chi connectivity index (χ4v) is 2.74. The zero-order chi connectivity index (χ0) is 18.7. The second-order valence-corrected chi connectivity index (χ2v) is 5.71. The second-order valence-electron chi connectivity index (χ2n) is 5.71. The van der Waals surface area contributed by atoms with Crippen molar-refractivity contribution in [3.63, 3.8) is 0 Å². The van der Waals surface area contributed by atoms with Crippen LogP contribution in [-0.2, 0) is 4.79 Å². The molecule has 0 aliphatic rings. The number of carboxylic acids is 1. The van der Waals surface area contributed by atoms with Gasteiger partial charge in [0.2, 0.25) is 0 Å². The van der Waals surface area contributed by atoms with Crippen molar-refractivity contribution in [2.45, 2.75) is 12.8 Å². The van der Waals surface area contributed by atoms with Crippen LogP contribution in [-0.4, -0.2) is 26.9 Å². The number of carbonyl (C=O) groups excluding carboxylic acids is 1. The fourth-order valence-electron chi connectivity index (χ4n) is 2.74. The highest BCUT2D eigenvalue weighted by atomic mass is 16.4. The lowest BCUT2D eigenvalue weighted by atomic mass is 9.99. The Morgan fingerprint density at radius 3 is 2.54 bits per heavy atom. The van der Waals surface area contributed by atoms with Gasteiger partial charge in [0.05, 0.1) is 17.7 Å². The smallest absolute Gasteiger partial charge is 0.303 e. The van der Waals surface area contributed by atoms with E-state index in [1.807, 2.05) is 48.5 Å². The first-order chi connectivity index (χ1) is 12.5. The van der Waals surface area contributed by atoms with E-state index in [1.165, 1.54) is 6.07 Å². The van der Waals surface area contributed by atoms with Crippen molar-refractivity contribution in [2.24, 2.45) is 0 Å². The number of fused-ring (bicyclic) bond motifs is 1. The standard InChI is InChI=1S/C20H14N2O4/c21-11-13-10-16(15-7-3-5-12-4-1-2-6-14(12)15)22-19(20(13)26)17(23)8-9-18(24)25/h1-7,10,26H,8-9H2,(H,24,25). The molecule has 1 aromatic heterocycles. The van der Waals surface area contributed by atoms with E-state index in [0.717, 1.165) is 10.8 Å². The molecule has 0 radical (unpaired) electrons. The number of benzene rings is 2. The number of hydrogen-bond donors (Lipinski definition) is 2. The minimum Gasteiger partial charge on any atom is -0.504 e. The number of carbonyl (C=O) groups is 2. The molecule has 6 nitrogen and oxygen atoms in total. The van der Waals surface area contributed by atoms with Crippen LogP contribution in [0.25, 0.3) is 22.0 Å². The van der Waals surface area contributed by atoms with Gasteiger partial charge in [-0.25, -0.2) is 4.98 Å². The van der Waals surface area contributed by atoms with Crippen LogP contribution in [0.15, 0.2) is 48.5 Å². The first-order valence-electron chi connectivity index (χ1n) is 7.88. The van der Waals surface area contributed by atoms with E-state index in [4.69, 9.17) is 5.11 Å². The first-order valence-corrected chi connectivity index (χ1v) is 7.88. The average Bonchev–Trinajstić information content (AvgIpc) is 2.66. The second kappa shape index (κ2) is 7.03. The van der Waals surface area contributed by atoms with Gasteiger partial charge in [0.25, 0.3) is 0 Å². The minimum atomic E-state index is -1.12. The van der Waals surface area contributed by atoms with Gasteiger partial charge in [-0.15, -0.1) is 0 Å². The van der Waals surface area contributed by atoms with Gasteiger partial charge >= 0.3 is 5.97 Å². The van der Waals surface area contributed by atoms with Crippen molar-refractivity contribution < 1.29 is 19.8 Å². The van der Waals surface area contributed by atoms with Crippen LogP contribution >= 0.6 is 0 Å². The number of pyridine rings is 1. The van der Waals surface area contributed by atoms with Crippen molar-refractivity contribution in [3.05, 3.63) is 59.8 Å². The molecular weight excluding hydrogens is 332 g/mol. The van der Waals surface area contributed by atoms with Crippen molar-refractivity contribution in [1.82, 2.24) is 4.98 Å². The number of aromatic hydroxyl groups is 1. The SMILES string of the molecule is N#Cc1cc(-c2cccc3ccccc23)nc(C(=O)CCC(=O)O)c1O. The van der Waals surface area contributed by atoms with E-state index < -0.39 is 17.5 Å². The Kier molecular flexibility index (Phi) is 4.63. The molecule has 128 valence electrons. The molecule has 26 heavy (non-hydrogen) atoms. The lowest BCUT2D eigenvalue weighted by Gasteiger charge is -2.10. The summed E-state index contributed by atoms with van der Waals surface area (Å²) in [6.45, 7) is 0. The number of hydrogen-bond acceptors (Lipinski definition) is 5. The van der Waals surface area contributed by atoms with E-state index in [9.17, 15) is 20.0 Å². The van der Waals surface area contributed by atoms with Crippen LogP contribution in [0.5, 0.6) is 5.75 Å². The number of ketones is 1. The molecule has 6 heteroatoms. The van der Waals surface area contributed by atoms with Gasteiger partial charge in [-0.05, 0) is 16.8 Å². The van der Waals surface area contributed by atoms with Gasteiger partial charge in [0.15, 0.2) is 11.5 Å². The highest BCUT2D eigenvalue weighted by Gasteiger charge is 2.20. The minimum absolute atomic E-state index is 0.0818. The molecule has 0 saturated carbocycles. The molecule has 2 N–H and O–H groups in total. The third-order valence-corrected chi connectivity index (χ3v) is 4.01. The van der Waals surface area contributed by atoms with E-state index >= 15 is 0 Å². The Labute approximate surface area is 149 Å². The number of aromatic nitrogens is 1. The van der Waals surface area contributed by atoms with E-state index in [0.29, 0.717) is 11.3 Å². The maximum Gasteiger partial charge on any atom is 0.303 e. The summed E-state index contributed by atoms with van der Waals surface area (Å²) in [7, 11) is 0. The molecule has 1 heterocycles. The van der Waals surface area contributed by atoms with Crippen molar-refractivity contribution >= 4 is 22.5 Å². The normalized spacial score (nSPS) is 10.4. The van der Waals surface area contributed by atoms with Crippen molar-refractivity contribution in [2.75, 3.05) is 0 Å². The first kappa shape index (κ1) is 17.1. The molecule has 0 bridgehead atoms. The summed E-state index contributed by atoms with van der Waals surface area (Å²) in [6, 6.07) is 16.5. The van der Waals surface area contributed by atoms with Gasteiger partial charge in [0.1, 0.15) is 11.8 Å². The fraction of sp³-hybridized carbons (Fsp3) is 0.100. The molecule has 0 amide bonds. The quantitative estimate of drug-likeness (QED) is 0.684. The van der Waals surface area contributed by atoms with Crippen LogP contribution in [0.2, 0.25) is 0 Å². The lowest BCUT2D eigenvalue weighted by Crippen LogP contribution is -2.08. The largest absolute Gasteiger partial charge is 0.504 e. The molecule has 0 saturated heterocycles. The zero-order valence-electron chi connectivity index (χ0n) is 13.6. The lowest BCUT2D eigenvalue weighted by molar-refractivity contribution is -0.136. The van der Waals surface area contributed by atoms with E-state index in [2.05, 4.69) is 4.98 Å². The number of nitrogens with zero attached hydrogens (tertiary/aromatic N) is 2. The number of aliphatic carboxylic acids is 1. The highest BCUT2D eigenvalue weighted by Crippen LogP contribution is 2.32. The summed E-state index contributed by atoms with van der Waals surface area (Å²) in [5.41, 5.74) is 0.719. The van der Waals surface area contributed by atoms with Crippen LogP contribution < -0.4 is 0 Å². The molecule has 0 unspecified atom stereocenters. The predicted molar refractivity (Wildman–Crippen MR) is 94.8 cm³/mol. The summed E-state index contributed by atoms with van der Waals surface area (Å²) in [6.07, 6.45) is -0.680. The van der Waals surface area contributed by atoms with Gasteiger partial charge in [-0.3, -0.25) is 9.59 Å². The maximum atomic E-state index is 12.3. The summed E-state index contributed by atoms with van der Waals surface area (Å²) in [5.74, 6) is -2.26. The van der Waals surface area contributed by atoms with Crippen LogP contribution in [0.1, 0.15) is 28.9 Å². The monoisotopic (exact) mass is 346 g/mol. The summed E-state index contributed by atoms with van der Waals surface area (Å²) in [5, 5.41) is 30.0. The molecule has 2 aromatic carbocycles. The number of nitriles is 1. The van der Waals surface area contributed by atoms with Crippen LogP contribution in [0.4, 0.5) is 0 Å². The number of Topliss-reactive ketones (excluding diaryl/α,β-unsaturated/α-hetero) is 1. The Morgan fingerprint density at radius 2 is 1.81 bits per heavy atom.